The number of hydrogen-bond acceptors (Lipinski definition) is 4. The maximum absolute atomic E-state index is 12.8. The second-order valence-corrected chi connectivity index (χ2v) is 3.77. The molecule has 1 aromatic rings. The van der Waals surface area contributed by atoms with Crippen LogP contribution in [0, 0.1) is 6.92 Å². The van der Waals surface area contributed by atoms with Gasteiger partial charge in [0, 0.05) is 6.54 Å². The molecule has 0 amide bonds. The van der Waals surface area contributed by atoms with Gasteiger partial charge in [0.15, 0.2) is 0 Å². The summed E-state index contributed by atoms with van der Waals surface area (Å²) >= 11 is 0. The molecule has 1 aromatic heterocycles. The van der Waals surface area contributed by atoms with E-state index >= 15 is 0 Å². The molecule has 0 aliphatic rings. The number of carbonyl (C=O) groups excluding carboxylic acids is 1. The summed E-state index contributed by atoms with van der Waals surface area (Å²) in [5.74, 6) is -0.449. The molecule has 0 saturated carbocycles. The summed E-state index contributed by atoms with van der Waals surface area (Å²) in [6.07, 6.45) is -2.73. The van der Waals surface area contributed by atoms with Crippen molar-refractivity contribution in [1.29, 1.82) is 0 Å². The van der Waals surface area contributed by atoms with Crippen molar-refractivity contribution >= 4 is 5.97 Å². The van der Waals surface area contributed by atoms with Gasteiger partial charge in [-0.25, -0.2) is 8.78 Å². The molecule has 1 heterocycles. The Balaban J connectivity index is 3.09. The lowest BCUT2D eigenvalue weighted by atomic mass is 10.0. The Bertz CT molecular complexity index is 436. The van der Waals surface area contributed by atoms with E-state index < -0.39 is 12.4 Å². The predicted molar refractivity (Wildman–Crippen MR) is 62.2 cm³/mol. The monoisotopic (exact) mass is 258 g/mol. The van der Waals surface area contributed by atoms with E-state index in [4.69, 9.17) is 10.5 Å². The molecule has 0 aliphatic carbocycles. The van der Waals surface area contributed by atoms with E-state index in [-0.39, 0.29) is 25.3 Å². The van der Waals surface area contributed by atoms with Gasteiger partial charge in [-0.2, -0.15) is 0 Å². The SMILES string of the molecule is CCOC(=O)Cc1cc(CN)nc(C(F)F)c1C. The summed E-state index contributed by atoms with van der Waals surface area (Å²) in [7, 11) is 0. The van der Waals surface area contributed by atoms with Gasteiger partial charge in [0.1, 0.15) is 5.69 Å². The van der Waals surface area contributed by atoms with Crippen molar-refractivity contribution in [3.05, 3.63) is 28.6 Å². The van der Waals surface area contributed by atoms with Gasteiger partial charge in [-0.05, 0) is 31.0 Å². The van der Waals surface area contributed by atoms with Crippen LogP contribution in [0.2, 0.25) is 0 Å². The fourth-order valence-electron chi connectivity index (χ4n) is 1.61. The maximum atomic E-state index is 12.8. The quantitative estimate of drug-likeness (QED) is 0.819. The molecule has 4 nitrogen and oxygen atoms in total. The van der Waals surface area contributed by atoms with Crippen molar-refractivity contribution in [2.45, 2.75) is 33.2 Å². The third-order valence-electron chi connectivity index (χ3n) is 2.53. The molecule has 0 radical (unpaired) electrons. The number of rotatable bonds is 5. The lowest BCUT2D eigenvalue weighted by molar-refractivity contribution is -0.142. The molecular weight excluding hydrogens is 242 g/mol. The Morgan fingerprint density at radius 2 is 2.22 bits per heavy atom. The van der Waals surface area contributed by atoms with Crippen LogP contribution >= 0.6 is 0 Å². The van der Waals surface area contributed by atoms with Crippen LogP contribution in [0.5, 0.6) is 0 Å². The minimum Gasteiger partial charge on any atom is -0.466 e. The van der Waals surface area contributed by atoms with Crippen molar-refractivity contribution in [1.82, 2.24) is 4.98 Å². The number of pyridine rings is 1. The number of halogens is 2. The van der Waals surface area contributed by atoms with Crippen molar-refractivity contribution in [3.63, 3.8) is 0 Å². The van der Waals surface area contributed by atoms with Crippen LogP contribution in [-0.4, -0.2) is 17.6 Å². The molecule has 0 atom stereocenters. The van der Waals surface area contributed by atoms with Crippen LogP contribution in [0.15, 0.2) is 6.07 Å². The molecule has 0 aliphatic heterocycles. The second kappa shape index (κ2) is 6.39. The lowest BCUT2D eigenvalue weighted by Crippen LogP contribution is -2.12. The van der Waals surface area contributed by atoms with E-state index in [1.807, 2.05) is 0 Å². The average Bonchev–Trinajstić information content (AvgIpc) is 2.31. The summed E-state index contributed by atoms with van der Waals surface area (Å²) in [4.78, 5) is 15.2. The van der Waals surface area contributed by atoms with Gasteiger partial charge < -0.3 is 10.5 Å². The van der Waals surface area contributed by atoms with Gasteiger partial charge in [-0.3, -0.25) is 9.78 Å². The van der Waals surface area contributed by atoms with Gasteiger partial charge in [-0.1, -0.05) is 0 Å². The molecule has 100 valence electrons. The highest BCUT2D eigenvalue weighted by Crippen LogP contribution is 2.24. The minimum atomic E-state index is -2.68. The number of carbonyl (C=O) groups is 1. The molecule has 0 bridgehead atoms. The molecule has 2 N–H and O–H groups in total. The van der Waals surface area contributed by atoms with E-state index in [0.717, 1.165) is 0 Å². The molecule has 0 spiro atoms. The van der Waals surface area contributed by atoms with Crippen molar-refractivity contribution in [3.8, 4) is 0 Å². The zero-order valence-corrected chi connectivity index (χ0v) is 10.4. The molecular formula is C12H16F2N2O2. The van der Waals surface area contributed by atoms with E-state index in [9.17, 15) is 13.6 Å². The van der Waals surface area contributed by atoms with E-state index in [0.29, 0.717) is 16.8 Å². The first-order valence-electron chi connectivity index (χ1n) is 5.62. The highest BCUT2D eigenvalue weighted by Gasteiger charge is 2.18. The number of nitrogens with zero attached hydrogens (tertiary/aromatic N) is 1. The van der Waals surface area contributed by atoms with Crippen LogP contribution in [0.25, 0.3) is 0 Å². The van der Waals surface area contributed by atoms with E-state index in [1.54, 1.807) is 13.0 Å². The molecule has 0 unspecified atom stereocenters. The molecule has 1 rings (SSSR count). The maximum Gasteiger partial charge on any atom is 0.310 e. The normalized spacial score (nSPS) is 10.8. The van der Waals surface area contributed by atoms with Gasteiger partial charge in [0.2, 0.25) is 0 Å². The van der Waals surface area contributed by atoms with E-state index in [1.165, 1.54) is 6.92 Å². The Labute approximate surface area is 104 Å². The first-order valence-corrected chi connectivity index (χ1v) is 5.62. The van der Waals surface area contributed by atoms with Crippen LogP contribution in [-0.2, 0) is 22.5 Å². The highest BCUT2D eigenvalue weighted by molar-refractivity contribution is 5.73. The molecule has 18 heavy (non-hydrogen) atoms. The predicted octanol–water partition coefficient (Wildman–Crippen LogP) is 1.89. The molecule has 0 fully saturated rings. The van der Waals surface area contributed by atoms with Crippen LogP contribution < -0.4 is 5.73 Å². The third kappa shape index (κ3) is 3.46. The fourth-order valence-corrected chi connectivity index (χ4v) is 1.61. The zero-order valence-electron chi connectivity index (χ0n) is 10.4. The lowest BCUT2D eigenvalue weighted by Gasteiger charge is -2.12. The number of hydrogen-bond donors (Lipinski definition) is 1. The molecule has 0 aromatic carbocycles. The van der Waals surface area contributed by atoms with Gasteiger partial charge >= 0.3 is 5.97 Å². The average molecular weight is 258 g/mol. The van der Waals surface area contributed by atoms with Gasteiger partial charge in [-0.15, -0.1) is 0 Å². The van der Waals surface area contributed by atoms with Crippen molar-refractivity contribution in [2.75, 3.05) is 6.61 Å². The summed E-state index contributed by atoms with van der Waals surface area (Å²) in [5, 5.41) is 0. The second-order valence-electron chi connectivity index (χ2n) is 3.77. The smallest absolute Gasteiger partial charge is 0.310 e. The standard InChI is InChI=1S/C12H16F2N2O2/c1-3-18-10(17)5-8-4-9(6-15)16-11(7(8)2)12(13)14/h4,12H,3,5-6,15H2,1-2H3. The Morgan fingerprint density at radius 1 is 1.56 bits per heavy atom. The number of ether oxygens (including phenoxy) is 1. The van der Waals surface area contributed by atoms with Gasteiger partial charge in [0.05, 0.1) is 18.7 Å². The number of nitrogens with two attached hydrogens (primary N) is 1. The number of alkyl halides is 2. The first-order chi connectivity index (χ1) is 8.49. The number of esters is 1. The van der Waals surface area contributed by atoms with Crippen LogP contribution in [0.4, 0.5) is 8.78 Å². The molecule has 0 saturated heterocycles. The Morgan fingerprint density at radius 3 is 2.72 bits per heavy atom. The Hall–Kier alpha value is -1.56. The first kappa shape index (κ1) is 14.5. The highest BCUT2D eigenvalue weighted by atomic mass is 19.3. The Kier molecular flexibility index (Phi) is 5.15. The van der Waals surface area contributed by atoms with Crippen LogP contribution in [0.1, 0.15) is 35.9 Å². The van der Waals surface area contributed by atoms with Crippen LogP contribution in [0.3, 0.4) is 0 Å². The van der Waals surface area contributed by atoms with E-state index in [2.05, 4.69) is 4.98 Å². The minimum absolute atomic E-state index is 0.0467. The topological polar surface area (TPSA) is 65.2 Å². The summed E-state index contributed by atoms with van der Waals surface area (Å²) in [6, 6.07) is 1.57. The van der Waals surface area contributed by atoms with Crippen molar-refractivity contribution < 1.29 is 18.3 Å². The van der Waals surface area contributed by atoms with Gasteiger partial charge in [0.25, 0.3) is 6.43 Å². The summed E-state index contributed by atoms with van der Waals surface area (Å²) < 4.78 is 30.4. The number of aromatic nitrogens is 1. The zero-order chi connectivity index (χ0) is 13.7. The van der Waals surface area contributed by atoms with Crippen molar-refractivity contribution in [2.24, 2.45) is 5.73 Å². The summed E-state index contributed by atoms with van der Waals surface area (Å²) in [5.41, 5.74) is 6.22. The largest absolute Gasteiger partial charge is 0.466 e. The summed E-state index contributed by atoms with van der Waals surface area (Å²) in [6.45, 7) is 3.51. The fraction of sp³-hybridized carbons (Fsp3) is 0.500. The third-order valence-corrected chi connectivity index (χ3v) is 2.53. The molecule has 6 heteroatoms.